The molecule has 0 atom stereocenters. The number of hydrogen-bond donors (Lipinski definition) is 4. The Morgan fingerprint density at radius 3 is 0.677 bits per heavy atom. The Bertz CT molecular complexity index is 3210. The van der Waals surface area contributed by atoms with E-state index in [1.807, 2.05) is 9.80 Å². The van der Waals surface area contributed by atoms with Crippen LogP contribution in [0.4, 0.5) is 0 Å². The van der Waals surface area contributed by atoms with Crippen molar-refractivity contribution in [3.05, 3.63) is 89.7 Å². The van der Waals surface area contributed by atoms with Crippen molar-refractivity contribution in [3.8, 4) is 48.6 Å². The van der Waals surface area contributed by atoms with Crippen LogP contribution in [0.1, 0.15) is 158 Å². The SMILES string of the molecule is CC1(C)CC(N2CCCC2)=C(C#N)/C(=C(/C#N)C(=O)NCCN(CCNC(=O)/C(C#N)=C2\CC(C)(C)CC(N3CCCC3)=C2C#N)CCN(CCNC(=O)/C(C#N)=C2\CC(C)(C)CC(N3CCCC3)=C2C#N)CCNC(=O)/C(C#N)=C2\CC(C)(C)CC(N3CCCC3)=C2C#N)C1. The molecule has 4 aliphatic carbocycles. The first-order chi connectivity index (χ1) is 45.8. The van der Waals surface area contributed by atoms with E-state index in [1.54, 1.807) is 0 Å². The summed E-state index contributed by atoms with van der Waals surface area (Å²) in [6.07, 6.45) is 11.8. The van der Waals surface area contributed by atoms with Crippen LogP contribution in [-0.4, -0.2) is 171 Å². The summed E-state index contributed by atoms with van der Waals surface area (Å²) in [5.74, 6) is -2.51. The van der Waals surface area contributed by atoms with E-state index in [2.05, 4.69) is 145 Å². The fourth-order valence-corrected chi connectivity index (χ4v) is 15.4. The second kappa shape index (κ2) is 32.1. The number of nitrogens with one attached hydrogen (secondary N) is 4. The molecule has 4 fully saturated rings. The van der Waals surface area contributed by atoms with Gasteiger partial charge in [0.25, 0.3) is 23.6 Å². The number of amides is 4. The van der Waals surface area contributed by atoms with Crippen molar-refractivity contribution in [2.45, 2.75) is 158 Å². The summed E-state index contributed by atoms with van der Waals surface area (Å²) in [5.41, 5.74) is 4.69. The van der Waals surface area contributed by atoms with E-state index in [0.29, 0.717) is 96.0 Å². The highest BCUT2D eigenvalue weighted by atomic mass is 16.2. The lowest BCUT2D eigenvalue weighted by Crippen LogP contribution is -2.46. The molecule has 0 saturated carbocycles. The molecule has 0 unspecified atom stereocenters. The number of allylic oxidation sites excluding steroid dienone is 12. The molecule has 0 aromatic carbocycles. The first-order valence-corrected chi connectivity index (χ1v) is 34.5. The van der Waals surface area contributed by atoms with Gasteiger partial charge >= 0.3 is 0 Å². The third kappa shape index (κ3) is 17.6. The summed E-state index contributed by atoms with van der Waals surface area (Å²) >= 11 is 0. The van der Waals surface area contributed by atoms with Gasteiger partial charge in [-0.05, 0) is 147 Å². The molecule has 506 valence electrons. The molecule has 0 aromatic rings. The molecule has 8 rings (SSSR count). The highest BCUT2D eigenvalue weighted by Gasteiger charge is 2.41. The van der Waals surface area contributed by atoms with Crippen molar-refractivity contribution in [2.24, 2.45) is 21.7 Å². The van der Waals surface area contributed by atoms with Gasteiger partial charge in [-0.1, -0.05) is 55.4 Å². The number of nitrogens with zero attached hydrogens (tertiary/aromatic N) is 14. The predicted octanol–water partition coefficient (Wildman–Crippen LogP) is 8.11. The molecule has 0 aromatic heterocycles. The van der Waals surface area contributed by atoms with Crippen LogP contribution < -0.4 is 21.3 Å². The third-order valence-corrected chi connectivity index (χ3v) is 20.1. The topological polar surface area (TPSA) is 326 Å². The number of nitriles is 8. The average Bonchev–Trinajstić information content (AvgIpc) is 1.32. The van der Waals surface area contributed by atoms with Gasteiger partial charge in [0.15, 0.2) is 0 Å². The van der Waals surface area contributed by atoms with Crippen molar-refractivity contribution in [1.29, 1.82) is 42.1 Å². The van der Waals surface area contributed by atoms with E-state index in [-0.39, 0.29) is 109 Å². The molecule has 4 saturated heterocycles. The van der Waals surface area contributed by atoms with Gasteiger partial charge in [-0.2, -0.15) is 42.1 Å². The van der Waals surface area contributed by atoms with Crippen LogP contribution in [0.3, 0.4) is 0 Å². The lowest BCUT2D eigenvalue weighted by atomic mass is 9.72. The zero-order valence-corrected chi connectivity index (χ0v) is 57.9. The minimum atomic E-state index is -0.628. The highest BCUT2D eigenvalue weighted by Crippen LogP contribution is 2.49. The van der Waals surface area contributed by atoms with Gasteiger partial charge in [-0.15, -0.1) is 0 Å². The van der Waals surface area contributed by atoms with Crippen molar-refractivity contribution >= 4 is 23.6 Å². The van der Waals surface area contributed by atoms with Crippen molar-refractivity contribution < 1.29 is 19.2 Å². The Labute approximate surface area is 568 Å². The van der Waals surface area contributed by atoms with Crippen LogP contribution in [-0.2, 0) is 19.2 Å². The monoisotopic (exact) mass is 1300 g/mol. The Kier molecular flexibility index (Phi) is 24.3. The van der Waals surface area contributed by atoms with E-state index in [0.717, 1.165) is 127 Å². The molecular formula is C74H96N18O4. The zero-order valence-electron chi connectivity index (χ0n) is 57.9. The van der Waals surface area contributed by atoms with Crippen LogP contribution >= 0.6 is 0 Å². The Morgan fingerprint density at radius 1 is 0.323 bits per heavy atom. The molecule has 22 heteroatoms. The van der Waals surface area contributed by atoms with Crippen LogP contribution in [0.2, 0.25) is 0 Å². The molecule has 0 bridgehead atoms. The second-order valence-electron chi connectivity index (χ2n) is 30.1. The molecular weight excluding hydrogens is 1200 g/mol. The standard InChI is InChI=1S/C74H96N18O4/c1-71(2)35-51(55(43-75)63(39-71)89-21-9-10-22-89)59(47-79)67(93)83-17-29-87(30-18-84-68(94)60(48-80)52-36-72(3,4)40-64(56(52)44-76)90-23-11-12-24-90)33-34-88(31-19-85-69(95)61(49-81)53-37-73(5,6)41-65(57(53)45-77)91-25-13-14-26-91)32-20-86-70(96)62(50-82)54-38-74(7,8)42-66(58(54)46-78)92-27-15-16-28-92/h9-42H2,1-8H3,(H,83,93)(H,84,94)(H,85,95)(H,86,96)/b59-51-,60-52+,61-53+,62-54+. The minimum absolute atomic E-state index is 0.0333. The van der Waals surface area contributed by atoms with Crippen LogP contribution in [0, 0.1) is 112 Å². The molecule has 4 heterocycles. The van der Waals surface area contributed by atoms with E-state index in [1.165, 1.54) is 0 Å². The van der Waals surface area contributed by atoms with Gasteiger partial charge in [-0.3, -0.25) is 29.0 Å². The molecule has 4 amide bonds. The van der Waals surface area contributed by atoms with Crippen LogP contribution in [0.25, 0.3) is 0 Å². The van der Waals surface area contributed by atoms with E-state index in [9.17, 15) is 61.3 Å². The van der Waals surface area contributed by atoms with Gasteiger partial charge in [0.05, 0.1) is 22.3 Å². The lowest BCUT2D eigenvalue weighted by molar-refractivity contribution is -0.118. The molecule has 8 aliphatic rings. The van der Waals surface area contributed by atoms with Crippen molar-refractivity contribution in [3.63, 3.8) is 0 Å². The smallest absolute Gasteiger partial charge is 0.262 e. The third-order valence-electron chi connectivity index (χ3n) is 20.1. The first kappa shape index (κ1) is 72.7. The summed E-state index contributed by atoms with van der Waals surface area (Å²) in [6, 6.07) is 18.0. The Hall–Kier alpha value is -9.16. The summed E-state index contributed by atoms with van der Waals surface area (Å²) in [5, 5.41) is 96.9. The number of hydrogen-bond acceptors (Lipinski definition) is 18. The summed E-state index contributed by atoms with van der Waals surface area (Å²) < 4.78 is 0. The van der Waals surface area contributed by atoms with Crippen molar-refractivity contribution in [2.75, 3.05) is 118 Å². The van der Waals surface area contributed by atoms with E-state index < -0.39 is 23.6 Å². The van der Waals surface area contributed by atoms with Gasteiger partial charge in [0.2, 0.25) is 0 Å². The summed E-state index contributed by atoms with van der Waals surface area (Å²) in [6.45, 7) is 24.4. The van der Waals surface area contributed by atoms with Gasteiger partial charge in [0.1, 0.15) is 70.8 Å². The molecule has 22 nitrogen and oxygen atoms in total. The number of likely N-dealkylation sites (tertiary alicyclic amines) is 4. The number of rotatable bonds is 23. The van der Waals surface area contributed by atoms with Crippen LogP contribution in [0.15, 0.2) is 89.7 Å². The van der Waals surface area contributed by atoms with Crippen molar-refractivity contribution in [1.82, 2.24) is 50.7 Å². The molecule has 96 heavy (non-hydrogen) atoms. The van der Waals surface area contributed by atoms with E-state index in [4.69, 9.17) is 0 Å². The van der Waals surface area contributed by atoms with Gasteiger partial charge in [-0.25, -0.2) is 0 Å². The maximum atomic E-state index is 14.3. The maximum Gasteiger partial charge on any atom is 0.262 e. The normalized spacial score (nSPS) is 22.6. The Morgan fingerprint density at radius 2 is 0.510 bits per heavy atom. The largest absolute Gasteiger partial charge is 0.374 e. The minimum Gasteiger partial charge on any atom is -0.374 e. The fraction of sp³-hybridized carbons (Fsp3) is 0.622. The fourth-order valence-electron chi connectivity index (χ4n) is 15.4. The molecule has 0 spiro atoms. The Balaban J connectivity index is 1.07. The van der Waals surface area contributed by atoms with Gasteiger partial charge < -0.3 is 40.9 Å². The molecule has 4 N–H and O–H groups in total. The first-order valence-electron chi connectivity index (χ1n) is 34.5. The zero-order chi connectivity index (χ0) is 69.5. The average molecular weight is 1300 g/mol. The highest BCUT2D eigenvalue weighted by molar-refractivity contribution is 6.01. The summed E-state index contributed by atoms with van der Waals surface area (Å²) in [7, 11) is 0. The number of carbonyl (C=O) groups excluding carboxylic acids is 4. The van der Waals surface area contributed by atoms with E-state index >= 15 is 0 Å². The molecule has 0 radical (unpaired) electrons. The predicted molar refractivity (Wildman–Crippen MR) is 361 cm³/mol. The van der Waals surface area contributed by atoms with Gasteiger partial charge in [0, 0.05) is 141 Å². The summed E-state index contributed by atoms with van der Waals surface area (Å²) in [4.78, 5) is 70.0. The lowest BCUT2D eigenvalue weighted by Gasteiger charge is -2.37. The number of carbonyl (C=O) groups is 4. The quantitative estimate of drug-likeness (QED) is 0.0554. The second-order valence-corrected chi connectivity index (χ2v) is 30.1. The maximum absolute atomic E-state index is 14.3. The molecule has 4 aliphatic heterocycles. The van der Waals surface area contributed by atoms with Crippen LogP contribution in [0.5, 0.6) is 0 Å².